The number of hydrogen-bond acceptors (Lipinski definition) is 9. The van der Waals surface area contributed by atoms with Crippen LogP contribution in [0, 0.1) is 30.6 Å². The average Bonchev–Trinajstić information content (AvgIpc) is 3.32. The Kier molecular flexibility index (Phi) is 5.70. The predicted octanol–water partition coefficient (Wildman–Crippen LogP) is -0.400. The van der Waals surface area contributed by atoms with Crippen LogP contribution in [0.1, 0.15) is 52.4 Å². The number of carbonyl (C=O) groups excluding carboxylic acids is 5. The van der Waals surface area contributed by atoms with Gasteiger partial charge in [-0.2, -0.15) is 0 Å². The molecule has 1 saturated heterocycles. The number of nitrogens with one attached hydrogen (secondary N) is 1. The molecule has 0 radical (unpaired) electrons. The summed E-state index contributed by atoms with van der Waals surface area (Å²) in [6.07, 6.45) is 2.24. The van der Waals surface area contributed by atoms with Crippen molar-refractivity contribution in [2.24, 2.45) is 29.4 Å². The summed E-state index contributed by atoms with van der Waals surface area (Å²) in [5, 5.41) is 25.9. The van der Waals surface area contributed by atoms with Crippen LogP contribution in [-0.4, -0.2) is 76.4 Å². The maximum absolute atomic E-state index is 13.8. The van der Waals surface area contributed by atoms with Crippen molar-refractivity contribution >= 4 is 29.0 Å². The Morgan fingerprint density at radius 1 is 1.19 bits per heavy atom. The van der Waals surface area contributed by atoms with Gasteiger partial charge in [0, 0.05) is 12.0 Å². The zero-order chi connectivity index (χ0) is 26.3. The number of fused-ring (bicyclic) bond motifs is 3. The number of aromatic hydroxyl groups is 1. The fourth-order valence-corrected chi connectivity index (χ4v) is 7.17. The number of hydrogen-bond donors (Lipinski definition) is 4. The predicted molar refractivity (Wildman–Crippen MR) is 126 cm³/mol. The van der Waals surface area contributed by atoms with E-state index in [0.29, 0.717) is 5.56 Å². The largest absolute Gasteiger partial charge is 0.507 e. The van der Waals surface area contributed by atoms with Crippen molar-refractivity contribution in [2.75, 3.05) is 20.6 Å². The number of rotatable bonds is 3. The molecule has 192 valence electrons. The zero-order valence-corrected chi connectivity index (χ0v) is 20.5. The number of likely N-dealkylation sites (N-methyl/N-ethyl adjacent to an activating group) is 1. The normalized spacial score (nSPS) is 36.0. The van der Waals surface area contributed by atoms with E-state index in [1.165, 1.54) is 4.90 Å². The topological polar surface area (TPSA) is 167 Å². The van der Waals surface area contributed by atoms with Crippen molar-refractivity contribution in [3.63, 3.8) is 0 Å². The first-order valence-electron chi connectivity index (χ1n) is 12.3. The lowest BCUT2D eigenvalue weighted by atomic mass is 9.52. The van der Waals surface area contributed by atoms with Gasteiger partial charge in [0.2, 0.25) is 5.91 Å². The Hall–Kier alpha value is -2.95. The Morgan fingerprint density at radius 3 is 2.47 bits per heavy atom. The first kappa shape index (κ1) is 24.7. The minimum atomic E-state index is -2.70. The van der Waals surface area contributed by atoms with E-state index in [4.69, 9.17) is 5.73 Å². The first-order chi connectivity index (χ1) is 16.9. The molecule has 3 fully saturated rings. The second kappa shape index (κ2) is 8.29. The molecule has 0 aromatic heterocycles. The van der Waals surface area contributed by atoms with Crippen molar-refractivity contribution in [3.05, 3.63) is 28.3 Å². The van der Waals surface area contributed by atoms with Crippen molar-refractivity contribution in [2.45, 2.75) is 50.3 Å². The summed E-state index contributed by atoms with van der Waals surface area (Å²) < 4.78 is 0. The molecule has 4 aliphatic rings. The maximum Gasteiger partial charge on any atom is 0.235 e. The summed E-state index contributed by atoms with van der Waals surface area (Å²) >= 11 is 0. The van der Waals surface area contributed by atoms with Crippen molar-refractivity contribution in [1.29, 1.82) is 0 Å². The highest BCUT2D eigenvalue weighted by Crippen LogP contribution is 2.51. The second-order valence-electron chi connectivity index (χ2n) is 10.9. The third-order valence-corrected chi connectivity index (χ3v) is 8.83. The Labute approximate surface area is 208 Å². The molecule has 7 unspecified atom stereocenters. The number of aliphatic hydroxyl groups is 1. The van der Waals surface area contributed by atoms with Crippen LogP contribution in [0.25, 0.3) is 0 Å². The molecule has 1 aromatic rings. The molecule has 1 aliphatic heterocycles. The number of Topliss-reactive ketones (excluding diaryl/α,β-unsaturated/α-hetero) is 4. The monoisotopic (exact) mass is 497 g/mol. The van der Waals surface area contributed by atoms with E-state index in [1.807, 2.05) is 6.92 Å². The number of phenolic OH excluding ortho intramolecular Hbond substituents is 1. The van der Waals surface area contributed by atoms with Gasteiger partial charge in [0.15, 0.2) is 34.7 Å². The molecule has 0 bridgehead atoms. The summed E-state index contributed by atoms with van der Waals surface area (Å²) in [6.45, 7) is 2.76. The van der Waals surface area contributed by atoms with E-state index < -0.39 is 64.4 Å². The summed E-state index contributed by atoms with van der Waals surface area (Å²) in [4.78, 5) is 67.4. The molecule has 3 aliphatic carbocycles. The maximum atomic E-state index is 13.8. The summed E-state index contributed by atoms with van der Waals surface area (Å²) in [7, 11) is 3.13. The van der Waals surface area contributed by atoms with E-state index in [9.17, 15) is 34.2 Å². The van der Waals surface area contributed by atoms with Gasteiger partial charge in [-0.3, -0.25) is 28.9 Å². The standard InChI is InChI=1S/C26H31N3O7/c1-10-12(15-5-4-6-28-15)9-16(30)18-13(10)7-11-8-14-20(29(2)3)22(32)19(25(27)35)24(34)26(14,36)23(33)17(11)21(18)31/h9,11,14-15,17,19-20,28,30,36H,4-8H2,1-3H3,(H2,27,35). The number of amides is 1. The Balaban J connectivity index is 1.63. The van der Waals surface area contributed by atoms with E-state index in [1.54, 1.807) is 20.2 Å². The number of nitrogens with zero attached hydrogens (tertiary/aromatic N) is 1. The lowest BCUT2D eigenvalue weighted by Crippen LogP contribution is -2.74. The number of nitrogens with two attached hydrogens (primary N) is 1. The van der Waals surface area contributed by atoms with Gasteiger partial charge in [-0.05, 0) is 81.9 Å². The van der Waals surface area contributed by atoms with Gasteiger partial charge in [-0.1, -0.05) is 0 Å². The van der Waals surface area contributed by atoms with Gasteiger partial charge in [-0.25, -0.2) is 0 Å². The van der Waals surface area contributed by atoms with Gasteiger partial charge in [0.05, 0.1) is 17.5 Å². The summed E-state index contributed by atoms with van der Waals surface area (Å²) in [6, 6.07) is 0.523. The molecule has 10 nitrogen and oxygen atoms in total. The van der Waals surface area contributed by atoms with Crippen LogP contribution in [0.5, 0.6) is 5.75 Å². The molecule has 0 spiro atoms. The second-order valence-corrected chi connectivity index (χ2v) is 10.9. The van der Waals surface area contributed by atoms with Crippen molar-refractivity contribution in [1.82, 2.24) is 10.2 Å². The smallest absolute Gasteiger partial charge is 0.235 e. The molecule has 1 amide bonds. The molecule has 36 heavy (non-hydrogen) atoms. The molecule has 1 aromatic carbocycles. The van der Waals surface area contributed by atoms with Crippen LogP contribution in [0.4, 0.5) is 0 Å². The molecule has 1 heterocycles. The quantitative estimate of drug-likeness (QED) is 0.406. The van der Waals surface area contributed by atoms with E-state index in [-0.39, 0.29) is 30.2 Å². The molecule has 5 rings (SSSR count). The molecule has 5 N–H and O–H groups in total. The fraction of sp³-hybridized carbons (Fsp3) is 0.577. The number of carbonyl (C=O) groups is 5. The lowest BCUT2D eigenvalue weighted by molar-refractivity contribution is -0.181. The minimum absolute atomic E-state index is 0.0424. The highest BCUT2D eigenvalue weighted by molar-refractivity contribution is 6.32. The number of benzene rings is 1. The lowest BCUT2D eigenvalue weighted by Gasteiger charge is -2.52. The van der Waals surface area contributed by atoms with Gasteiger partial charge < -0.3 is 21.3 Å². The van der Waals surface area contributed by atoms with Gasteiger partial charge in [-0.15, -0.1) is 0 Å². The highest BCUT2D eigenvalue weighted by atomic mass is 16.3. The van der Waals surface area contributed by atoms with Gasteiger partial charge in [0.1, 0.15) is 5.75 Å². The first-order valence-corrected chi connectivity index (χ1v) is 12.3. The molecule has 2 saturated carbocycles. The summed E-state index contributed by atoms with van der Waals surface area (Å²) in [5.41, 5.74) is 5.12. The molecular weight excluding hydrogens is 466 g/mol. The highest BCUT2D eigenvalue weighted by Gasteiger charge is 2.69. The van der Waals surface area contributed by atoms with Crippen LogP contribution >= 0.6 is 0 Å². The Morgan fingerprint density at radius 2 is 1.89 bits per heavy atom. The van der Waals surface area contributed by atoms with E-state index >= 15 is 0 Å². The average molecular weight is 498 g/mol. The minimum Gasteiger partial charge on any atom is -0.507 e. The fourth-order valence-electron chi connectivity index (χ4n) is 7.17. The number of ketones is 4. The van der Waals surface area contributed by atoms with Gasteiger partial charge in [0.25, 0.3) is 0 Å². The van der Waals surface area contributed by atoms with Crippen LogP contribution in [0.2, 0.25) is 0 Å². The molecule has 10 heteroatoms. The third-order valence-electron chi connectivity index (χ3n) is 8.83. The third kappa shape index (κ3) is 3.17. The van der Waals surface area contributed by atoms with Crippen LogP contribution < -0.4 is 11.1 Å². The van der Waals surface area contributed by atoms with E-state index in [2.05, 4.69) is 5.32 Å². The SMILES string of the molecule is Cc1c(C2CCCN2)cc(O)c2c1CC1CC3C(N(C)C)C(=O)C(C(N)=O)C(=O)C3(O)C(=O)C1C2=O. The van der Waals surface area contributed by atoms with Crippen LogP contribution in [0.15, 0.2) is 6.07 Å². The number of primary amides is 1. The van der Waals surface area contributed by atoms with Crippen LogP contribution in [0.3, 0.4) is 0 Å². The zero-order valence-electron chi connectivity index (χ0n) is 20.5. The molecular formula is C26H31N3O7. The Bertz CT molecular complexity index is 1220. The summed E-state index contributed by atoms with van der Waals surface area (Å²) in [5.74, 6) is -10.2. The van der Waals surface area contributed by atoms with Gasteiger partial charge >= 0.3 is 0 Å². The van der Waals surface area contributed by atoms with Crippen LogP contribution in [-0.2, 0) is 25.6 Å². The van der Waals surface area contributed by atoms with Crippen molar-refractivity contribution in [3.8, 4) is 5.75 Å². The molecule has 7 atom stereocenters. The number of phenols is 1. The van der Waals surface area contributed by atoms with E-state index in [0.717, 1.165) is 30.5 Å². The van der Waals surface area contributed by atoms with Crippen molar-refractivity contribution < 1.29 is 34.2 Å².